The molecule has 21 heavy (non-hydrogen) atoms. The third-order valence-electron chi connectivity index (χ3n) is 3.65. The molecule has 3 rings (SSSR count). The summed E-state index contributed by atoms with van der Waals surface area (Å²) in [7, 11) is 0. The molecule has 0 atom stereocenters. The van der Waals surface area contributed by atoms with Gasteiger partial charge in [-0.25, -0.2) is 4.98 Å². The first-order valence-corrected chi connectivity index (χ1v) is 7.11. The highest BCUT2D eigenvalue weighted by molar-refractivity contribution is 6.31. The van der Waals surface area contributed by atoms with Crippen LogP contribution in [0.3, 0.4) is 0 Å². The van der Waals surface area contributed by atoms with Crippen LogP contribution in [0.2, 0.25) is 5.02 Å². The standard InChI is InChI=1S/C17H16ClN3/c1-10-9-20-17(12-5-3-7-14(19)16(10)12)21-15-8-4-6-13(18)11(15)2/h3-9H,19H2,1-2H3,(H,20,21). The SMILES string of the molecule is Cc1c(Cl)cccc1Nc1ncc(C)c2c(N)cccc12. The number of halogens is 1. The molecule has 106 valence electrons. The second-order valence-corrected chi connectivity index (χ2v) is 5.50. The van der Waals surface area contributed by atoms with Crippen LogP contribution in [0.5, 0.6) is 0 Å². The zero-order valence-corrected chi connectivity index (χ0v) is 12.7. The molecule has 3 nitrogen and oxygen atoms in total. The lowest BCUT2D eigenvalue weighted by atomic mass is 10.1. The van der Waals surface area contributed by atoms with Crippen LogP contribution in [0.4, 0.5) is 17.2 Å². The van der Waals surface area contributed by atoms with E-state index in [1.54, 1.807) is 0 Å². The summed E-state index contributed by atoms with van der Waals surface area (Å²) >= 11 is 6.17. The summed E-state index contributed by atoms with van der Waals surface area (Å²) in [4.78, 5) is 4.50. The summed E-state index contributed by atoms with van der Waals surface area (Å²) < 4.78 is 0. The highest BCUT2D eigenvalue weighted by Gasteiger charge is 2.09. The molecule has 0 aliphatic carbocycles. The minimum absolute atomic E-state index is 0.732. The molecular weight excluding hydrogens is 282 g/mol. The summed E-state index contributed by atoms with van der Waals surface area (Å²) in [5, 5.41) is 6.14. The number of pyridine rings is 1. The topological polar surface area (TPSA) is 50.9 Å². The van der Waals surface area contributed by atoms with Gasteiger partial charge in [-0.2, -0.15) is 0 Å². The third-order valence-corrected chi connectivity index (χ3v) is 4.06. The predicted octanol–water partition coefficient (Wildman–Crippen LogP) is 4.83. The molecule has 0 unspecified atom stereocenters. The lowest BCUT2D eigenvalue weighted by Gasteiger charge is -2.14. The fourth-order valence-electron chi connectivity index (χ4n) is 2.47. The Morgan fingerprint density at radius 2 is 1.86 bits per heavy atom. The summed E-state index contributed by atoms with van der Waals surface area (Å²) in [6.45, 7) is 4.00. The number of nitrogen functional groups attached to an aromatic ring is 1. The number of nitrogens with two attached hydrogens (primary N) is 1. The van der Waals surface area contributed by atoms with E-state index in [9.17, 15) is 0 Å². The normalized spacial score (nSPS) is 10.8. The first kappa shape index (κ1) is 13.7. The van der Waals surface area contributed by atoms with Crippen LogP contribution in [0, 0.1) is 13.8 Å². The van der Waals surface area contributed by atoms with E-state index in [2.05, 4.69) is 10.3 Å². The van der Waals surface area contributed by atoms with Crippen molar-refractivity contribution >= 4 is 39.6 Å². The molecule has 0 spiro atoms. The summed E-state index contributed by atoms with van der Waals surface area (Å²) in [6.07, 6.45) is 1.83. The van der Waals surface area contributed by atoms with Crippen LogP contribution in [0.15, 0.2) is 42.6 Å². The van der Waals surface area contributed by atoms with Gasteiger partial charge in [-0.15, -0.1) is 0 Å². The Hall–Kier alpha value is -2.26. The van der Waals surface area contributed by atoms with Gasteiger partial charge in [0.15, 0.2) is 0 Å². The third kappa shape index (κ3) is 2.41. The monoisotopic (exact) mass is 297 g/mol. The van der Waals surface area contributed by atoms with Crippen molar-refractivity contribution in [2.45, 2.75) is 13.8 Å². The molecule has 0 amide bonds. The van der Waals surface area contributed by atoms with Crippen LogP contribution in [0.1, 0.15) is 11.1 Å². The molecule has 3 aromatic rings. The molecule has 1 aromatic heterocycles. The van der Waals surface area contributed by atoms with Crippen molar-refractivity contribution in [2.75, 3.05) is 11.1 Å². The van der Waals surface area contributed by atoms with Crippen molar-refractivity contribution in [3.8, 4) is 0 Å². The maximum Gasteiger partial charge on any atom is 0.138 e. The van der Waals surface area contributed by atoms with Gasteiger partial charge in [0.2, 0.25) is 0 Å². The second-order valence-electron chi connectivity index (χ2n) is 5.10. The number of aromatic nitrogens is 1. The number of rotatable bonds is 2. The van der Waals surface area contributed by atoms with Gasteiger partial charge in [-0.1, -0.05) is 29.8 Å². The van der Waals surface area contributed by atoms with E-state index in [0.29, 0.717) is 0 Å². The van der Waals surface area contributed by atoms with E-state index in [4.69, 9.17) is 17.3 Å². The fourth-order valence-corrected chi connectivity index (χ4v) is 2.65. The van der Waals surface area contributed by atoms with Crippen molar-refractivity contribution in [3.63, 3.8) is 0 Å². The van der Waals surface area contributed by atoms with Crippen molar-refractivity contribution in [3.05, 3.63) is 58.7 Å². The number of nitrogens with one attached hydrogen (secondary N) is 1. The van der Waals surface area contributed by atoms with Crippen molar-refractivity contribution in [1.82, 2.24) is 4.98 Å². The van der Waals surface area contributed by atoms with E-state index < -0.39 is 0 Å². The maximum absolute atomic E-state index is 6.17. The number of fused-ring (bicyclic) bond motifs is 1. The number of nitrogens with zero attached hydrogens (tertiary/aromatic N) is 1. The van der Waals surface area contributed by atoms with E-state index in [1.165, 1.54) is 0 Å². The Bertz CT molecular complexity index is 819. The molecule has 3 N–H and O–H groups in total. The van der Waals surface area contributed by atoms with E-state index in [1.807, 2.05) is 56.4 Å². The van der Waals surface area contributed by atoms with E-state index in [-0.39, 0.29) is 0 Å². The number of aryl methyl sites for hydroxylation is 1. The molecule has 0 radical (unpaired) electrons. The van der Waals surface area contributed by atoms with Gasteiger partial charge in [0, 0.05) is 33.4 Å². The summed E-state index contributed by atoms with van der Waals surface area (Å²) in [5.41, 5.74) is 9.87. The van der Waals surface area contributed by atoms with Crippen LogP contribution >= 0.6 is 11.6 Å². The largest absolute Gasteiger partial charge is 0.398 e. The first-order chi connectivity index (χ1) is 10.1. The Morgan fingerprint density at radius 1 is 1.10 bits per heavy atom. The molecule has 0 fully saturated rings. The molecule has 1 heterocycles. The number of hydrogen-bond acceptors (Lipinski definition) is 3. The Morgan fingerprint density at radius 3 is 2.67 bits per heavy atom. The summed E-state index contributed by atoms with van der Waals surface area (Å²) in [5.74, 6) is 0.785. The smallest absolute Gasteiger partial charge is 0.138 e. The fraction of sp³-hybridized carbons (Fsp3) is 0.118. The van der Waals surface area contributed by atoms with Crippen molar-refractivity contribution < 1.29 is 0 Å². The minimum atomic E-state index is 0.732. The van der Waals surface area contributed by atoms with Gasteiger partial charge in [0.05, 0.1) is 0 Å². The Labute approximate surface area is 128 Å². The molecule has 0 bridgehead atoms. The lowest BCUT2D eigenvalue weighted by Crippen LogP contribution is -1.99. The summed E-state index contributed by atoms with van der Waals surface area (Å²) in [6, 6.07) is 11.6. The van der Waals surface area contributed by atoms with Gasteiger partial charge < -0.3 is 11.1 Å². The Kier molecular flexibility index (Phi) is 3.43. The minimum Gasteiger partial charge on any atom is -0.398 e. The number of anilines is 3. The number of benzene rings is 2. The molecule has 0 saturated heterocycles. The maximum atomic E-state index is 6.17. The average molecular weight is 298 g/mol. The molecule has 2 aromatic carbocycles. The highest BCUT2D eigenvalue weighted by Crippen LogP contribution is 2.32. The van der Waals surface area contributed by atoms with Gasteiger partial charge in [0.25, 0.3) is 0 Å². The molecular formula is C17H16ClN3. The van der Waals surface area contributed by atoms with Crippen LogP contribution < -0.4 is 11.1 Å². The van der Waals surface area contributed by atoms with Crippen LogP contribution in [-0.2, 0) is 0 Å². The van der Waals surface area contributed by atoms with Gasteiger partial charge in [-0.05, 0) is 43.2 Å². The van der Waals surface area contributed by atoms with Gasteiger partial charge in [-0.3, -0.25) is 0 Å². The van der Waals surface area contributed by atoms with Gasteiger partial charge in [0.1, 0.15) is 5.82 Å². The average Bonchev–Trinajstić information content (AvgIpc) is 2.46. The second kappa shape index (κ2) is 5.26. The van der Waals surface area contributed by atoms with E-state index in [0.717, 1.165) is 44.1 Å². The zero-order valence-electron chi connectivity index (χ0n) is 11.9. The van der Waals surface area contributed by atoms with Gasteiger partial charge >= 0.3 is 0 Å². The lowest BCUT2D eigenvalue weighted by molar-refractivity contribution is 1.29. The van der Waals surface area contributed by atoms with E-state index >= 15 is 0 Å². The first-order valence-electron chi connectivity index (χ1n) is 6.74. The molecule has 4 heteroatoms. The molecule has 0 aliphatic rings. The van der Waals surface area contributed by atoms with Crippen LogP contribution in [-0.4, -0.2) is 4.98 Å². The van der Waals surface area contributed by atoms with Crippen LogP contribution in [0.25, 0.3) is 10.8 Å². The quantitative estimate of drug-likeness (QED) is 0.666. The Balaban J connectivity index is 2.16. The molecule has 0 aliphatic heterocycles. The zero-order chi connectivity index (χ0) is 15.0. The molecule has 0 saturated carbocycles. The predicted molar refractivity (Wildman–Crippen MR) is 90.4 cm³/mol. The highest BCUT2D eigenvalue weighted by atomic mass is 35.5. The van der Waals surface area contributed by atoms with Crippen molar-refractivity contribution in [2.24, 2.45) is 0 Å². The number of hydrogen-bond donors (Lipinski definition) is 2. The van der Waals surface area contributed by atoms with Crippen molar-refractivity contribution in [1.29, 1.82) is 0 Å².